The van der Waals surface area contributed by atoms with Crippen LogP contribution in [0, 0.1) is 5.82 Å². The number of hydrogen-bond donors (Lipinski definition) is 2. The molecule has 2 N–H and O–H groups in total. The summed E-state index contributed by atoms with van der Waals surface area (Å²) >= 11 is 0. The summed E-state index contributed by atoms with van der Waals surface area (Å²) < 4.78 is 15.7. The number of fused-ring (bicyclic) bond motifs is 2. The summed E-state index contributed by atoms with van der Waals surface area (Å²) in [6, 6.07) is 4.23. The number of halogens is 2. The van der Waals surface area contributed by atoms with Crippen LogP contribution in [0.3, 0.4) is 0 Å². The van der Waals surface area contributed by atoms with E-state index in [2.05, 4.69) is 25.4 Å². The number of likely N-dealkylation sites (tertiary alicyclic amines) is 1. The van der Waals surface area contributed by atoms with Crippen molar-refractivity contribution in [2.24, 2.45) is 0 Å². The first-order chi connectivity index (χ1) is 14.1. The number of carbonyl (C=O) groups excluding carboxylic acids is 2. The number of anilines is 1. The minimum Gasteiger partial charge on any atom is -0.342 e. The summed E-state index contributed by atoms with van der Waals surface area (Å²) in [5.41, 5.74) is 1.09. The van der Waals surface area contributed by atoms with E-state index in [1.165, 1.54) is 12.1 Å². The van der Waals surface area contributed by atoms with Crippen molar-refractivity contribution >= 4 is 29.9 Å². The summed E-state index contributed by atoms with van der Waals surface area (Å²) in [5, 5.41) is 14.7. The highest BCUT2D eigenvalue weighted by atomic mass is 35.5. The van der Waals surface area contributed by atoms with Crippen molar-refractivity contribution in [1.82, 2.24) is 25.0 Å². The second kappa shape index (κ2) is 8.31. The highest BCUT2D eigenvalue weighted by Crippen LogP contribution is 2.36. The zero-order chi connectivity index (χ0) is 20.0. The third-order valence-electron chi connectivity index (χ3n) is 6.18. The van der Waals surface area contributed by atoms with Gasteiger partial charge in [0.25, 0.3) is 0 Å². The number of benzene rings is 1. The van der Waals surface area contributed by atoms with Gasteiger partial charge in [-0.15, -0.1) is 22.6 Å². The summed E-state index contributed by atoms with van der Waals surface area (Å²) in [6.07, 6.45) is 1.75. The third-order valence-corrected chi connectivity index (χ3v) is 6.18. The second-order valence-corrected chi connectivity index (χ2v) is 7.94. The van der Waals surface area contributed by atoms with Crippen LogP contribution in [0.4, 0.5) is 10.1 Å². The molecule has 0 bridgehead atoms. The van der Waals surface area contributed by atoms with Gasteiger partial charge in [-0.3, -0.25) is 9.59 Å². The number of hydrogen-bond acceptors (Lipinski definition) is 5. The normalized spacial score (nSPS) is 21.3. The predicted octanol–water partition coefficient (Wildman–Crippen LogP) is 1.77. The molecule has 3 aliphatic heterocycles. The molecule has 0 spiro atoms. The Morgan fingerprint density at radius 1 is 1.17 bits per heavy atom. The molecule has 160 valence electrons. The van der Waals surface area contributed by atoms with Crippen LogP contribution < -0.4 is 10.6 Å². The van der Waals surface area contributed by atoms with Crippen LogP contribution in [-0.2, 0) is 22.7 Å². The average Bonchev–Trinajstić information content (AvgIpc) is 3.16. The van der Waals surface area contributed by atoms with Crippen LogP contribution in [0.1, 0.15) is 48.3 Å². The first-order valence-electron chi connectivity index (χ1n) is 10.1. The van der Waals surface area contributed by atoms with Crippen molar-refractivity contribution in [2.45, 2.75) is 44.2 Å². The molecule has 0 aliphatic carbocycles. The average molecular weight is 435 g/mol. The van der Waals surface area contributed by atoms with E-state index in [4.69, 9.17) is 0 Å². The van der Waals surface area contributed by atoms with Gasteiger partial charge in [0, 0.05) is 44.2 Å². The van der Waals surface area contributed by atoms with Crippen molar-refractivity contribution in [3.8, 4) is 0 Å². The minimum absolute atomic E-state index is 0. The van der Waals surface area contributed by atoms with Gasteiger partial charge in [-0.2, -0.15) is 0 Å². The zero-order valence-corrected chi connectivity index (χ0v) is 17.3. The number of rotatable bonds is 2. The van der Waals surface area contributed by atoms with Gasteiger partial charge in [-0.1, -0.05) is 6.07 Å². The predicted molar refractivity (Wildman–Crippen MR) is 110 cm³/mol. The van der Waals surface area contributed by atoms with Crippen LogP contribution in [0.2, 0.25) is 0 Å². The van der Waals surface area contributed by atoms with Crippen molar-refractivity contribution < 1.29 is 14.0 Å². The topological polar surface area (TPSA) is 92.2 Å². The lowest BCUT2D eigenvalue weighted by atomic mass is 9.87. The molecule has 30 heavy (non-hydrogen) atoms. The summed E-state index contributed by atoms with van der Waals surface area (Å²) in [7, 11) is 0. The van der Waals surface area contributed by atoms with Gasteiger partial charge in [-0.05, 0) is 30.5 Å². The standard InChI is InChI=1S/C20H23FN6O2.ClH/c21-13-1-2-14-15(10-18(28)23-16(14)9-13)20(29)26-6-3-12(4-7-26)19-25-24-17-11-22-5-8-27(17)19;/h1-2,9,12,15,22H,3-8,10-11H2,(H,23,28);1H. The first kappa shape index (κ1) is 20.7. The van der Waals surface area contributed by atoms with Gasteiger partial charge < -0.3 is 20.1 Å². The van der Waals surface area contributed by atoms with Crippen molar-refractivity contribution in [3.05, 3.63) is 41.2 Å². The molecular formula is C20H24ClFN6O2. The van der Waals surface area contributed by atoms with E-state index >= 15 is 0 Å². The number of amides is 2. The Bertz CT molecular complexity index is 972. The van der Waals surface area contributed by atoms with Gasteiger partial charge in [0.2, 0.25) is 11.8 Å². The Labute approximate surface area is 179 Å². The maximum Gasteiger partial charge on any atom is 0.230 e. The molecule has 2 aromatic rings. The number of carbonyl (C=O) groups is 2. The molecule has 2 amide bonds. The highest BCUT2D eigenvalue weighted by molar-refractivity contribution is 6.01. The Hall–Kier alpha value is -2.52. The van der Waals surface area contributed by atoms with Crippen LogP contribution in [0.5, 0.6) is 0 Å². The largest absolute Gasteiger partial charge is 0.342 e. The monoisotopic (exact) mass is 434 g/mol. The number of piperidine rings is 1. The molecule has 1 atom stereocenters. The van der Waals surface area contributed by atoms with Gasteiger partial charge in [0.15, 0.2) is 0 Å². The third kappa shape index (κ3) is 3.67. The lowest BCUT2D eigenvalue weighted by Gasteiger charge is -2.35. The van der Waals surface area contributed by atoms with E-state index in [-0.39, 0.29) is 36.6 Å². The van der Waals surface area contributed by atoms with Gasteiger partial charge in [0.05, 0.1) is 12.5 Å². The number of nitrogens with one attached hydrogen (secondary N) is 2. The Kier molecular flexibility index (Phi) is 5.75. The Balaban J connectivity index is 0.00000218. The van der Waals surface area contributed by atoms with Crippen LogP contribution in [0.25, 0.3) is 0 Å². The summed E-state index contributed by atoms with van der Waals surface area (Å²) in [5.74, 6) is 0.994. The fraction of sp³-hybridized carbons (Fsp3) is 0.500. The molecule has 0 saturated carbocycles. The zero-order valence-electron chi connectivity index (χ0n) is 16.4. The maximum absolute atomic E-state index is 13.5. The molecule has 10 heteroatoms. The van der Waals surface area contributed by atoms with E-state index in [0.29, 0.717) is 24.3 Å². The fourth-order valence-corrected chi connectivity index (χ4v) is 4.65. The van der Waals surface area contributed by atoms with Gasteiger partial charge in [-0.25, -0.2) is 4.39 Å². The van der Waals surface area contributed by atoms with Crippen LogP contribution in [0.15, 0.2) is 18.2 Å². The number of nitrogens with zero attached hydrogens (tertiary/aromatic N) is 4. The van der Waals surface area contributed by atoms with Crippen LogP contribution >= 0.6 is 12.4 Å². The molecule has 4 heterocycles. The Morgan fingerprint density at radius 2 is 1.97 bits per heavy atom. The molecule has 1 aromatic heterocycles. The molecule has 0 radical (unpaired) electrons. The Morgan fingerprint density at radius 3 is 2.77 bits per heavy atom. The van der Waals surface area contributed by atoms with E-state index in [9.17, 15) is 14.0 Å². The molecule has 1 fully saturated rings. The van der Waals surface area contributed by atoms with Crippen molar-refractivity contribution in [3.63, 3.8) is 0 Å². The summed E-state index contributed by atoms with van der Waals surface area (Å²) in [6.45, 7) is 3.78. The van der Waals surface area contributed by atoms with E-state index in [0.717, 1.165) is 44.1 Å². The lowest BCUT2D eigenvalue weighted by Crippen LogP contribution is -2.43. The molecule has 3 aliphatic rings. The molecule has 1 unspecified atom stereocenters. The molecule has 1 aromatic carbocycles. The van der Waals surface area contributed by atoms with Crippen LogP contribution in [-0.4, -0.2) is 51.1 Å². The van der Waals surface area contributed by atoms with E-state index < -0.39 is 11.7 Å². The van der Waals surface area contributed by atoms with Crippen molar-refractivity contribution in [1.29, 1.82) is 0 Å². The smallest absolute Gasteiger partial charge is 0.230 e. The molecular weight excluding hydrogens is 411 g/mol. The molecule has 8 nitrogen and oxygen atoms in total. The summed E-state index contributed by atoms with van der Waals surface area (Å²) in [4.78, 5) is 27.1. The van der Waals surface area contributed by atoms with Gasteiger partial charge in [0.1, 0.15) is 17.5 Å². The van der Waals surface area contributed by atoms with E-state index in [1.54, 1.807) is 6.07 Å². The second-order valence-electron chi connectivity index (χ2n) is 7.94. The van der Waals surface area contributed by atoms with Gasteiger partial charge >= 0.3 is 0 Å². The SMILES string of the molecule is Cl.O=C1CC(C(=O)N2CCC(c3nnc4n3CCNC4)CC2)c2ccc(F)cc2N1. The molecule has 5 rings (SSSR count). The number of aromatic nitrogens is 3. The first-order valence-corrected chi connectivity index (χ1v) is 10.1. The fourth-order valence-electron chi connectivity index (χ4n) is 4.65. The van der Waals surface area contributed by atoms with Crippen molar-refractivity contribution in [2.75, 3.05) is 25.0 Å². The minimum atomic E-state index is -0.553. The highest BCUT2D eigenvalue weighted by Gasteiger charge is 2.36. The molecule has 1 saturated heterocycles. The lowest BCUT2D eigenvalue weighted by molar-refractivity contribution is -0.136. The maximum atomic E-state index is 13.5. The quantitative estimate of drug-likeness (QED) is 0.751. The van der Waals surface area contributed by atoms with E-state index in [1.807, 2.05) is 4.90 Å².